The number of hydrogen-bond donors (Lipinski definition) is 3. The Morgan fingerprint density at radius 2 is 2.11 bits per heavy atom. The summed E-state index contributed by atoms with van der Waals surface area (Å²) in [6, 6.07) is 11.2. The molecule has 0 radical (unpaired) electrons. The fourth-order valence-electron chi connectivity index (χ4n) is 2.71. The van der Waals surface area contributed by atoms with Crippen LogP contribution >= 0.6 is 0 Å². The predicted octanol–water partition coefficient (Wildman–Crippen LogP) is 2.58. The third-order valence-corrected chi connectivity index (χ3v) is 3.67. The smallest absolute Gasteiger partial charge is 0.182 e. The summed E-state index contributed by atoms with van der Waals surface area (Å²) in [5.41, 5.74) is 3.18. The first kappa shape index (κ1) is 12.1. The van der Waals surface area contributed by atoms with Crippen LogP contribution in [0.5, 0.6) is 0 Å². The lowest BCUT2D eigenvalue weighted by atomic mass is 9.95. The van der Waals surface area contributed by atoms with Crippen LogP contribution in [0.4, 0.5) is 5.69 Å². The Bertz CT molecular complexity index is 619. The van der Waals surface area contributed by atoms with Crippen LogP contribution < -0.4 is 10.8 Å². The highest BCUT2D eigenvalue weighted by Crippen LogP contribution is 2.28. The van der Waals surface area contributed by atoms with Crippen molar-refractivity contribution in [3.63, 3.8) is 0 Å². The van der Waals surface area contributed by atoms with E-state index in [0.717, 1.165) is 30.2 Å². The summed E-state index contributed by atoms with van der Waals surface area (Å²) in [4.78, 5) is 12.6. The maximum atomic E-state index is 12.6. The molecule has 0 aromatic heterocycles. The van der Waals surface area contributed by atoms with Crippen molar-refractivity contribution in [1.82, 2.24) is 5.32 Å². The van der Waals surface area contributed by atoms with Crippen molar-refractivity contribution >= 4 is 22.2 Å². The second-order valence-electron chi connectivity index (χ2n) is 4.83. The van der Waals surface area contributed by atoms with E-state index < -0.39 is 0 Å². The zero-order chi connectivity index (χ0) is 13.2. The molecule has 98 valence electrons. The summed E-state index contributed by atoms with van der Waals surface area (Å²) in [6.45, 7) is 0.878. The Labute approximate surface area is 111 Å². The van der Waals surface area contributed by atoms with E-state index in [2.05, 4.69) is 10.8 Å². The number of Topliss-reactive ketones (excluding diaryl/α,β-unsaturated/α-hetero) is 1. The molecular formula is C15H16N2O2. The van der Waals surface area contributed by atoms with E-state index in [0.29, 0.717) is 11.3 Å². The van der Waals surface area contributed by atoms with E-state index in [-0.39, 0.29) is 11.8 Å². The Hall–Kier alpha value is -1.91. The van der Waals surface area contributed by atoms with Gasteiger partial charge in [-0.05, 0) is 36.2 Å². The molecule has 1 saturated heterocycles. The van der Waals surface area contributed by atoms with Crippen molar-refractivity contribution in [3.05, 3.63) is 42.0 Å². The van der Waals surface area contributed by atoms with Gasteiger partial charge in [-0.1, -0.05) is 30.3 Å². The van der Waals surface area contributed by atoms with Gasteiger partial charge in [0.2, 0.25) is 0 Å². The van der Waals surface area contributed by atoms with E-state index >= 15 is 0 Å². The molecule has 1 fully saturated rings. The van der Waals surface area contributed by atoms with Gasteiger partial charge in [-0.3, -0.25) is 15.5 Å². The quantitative estimate of drug-likeness (QED) is 0.583. The molecule has 0 unspecified atom stereocenters. The number of carbonyl (C=O) groups is 1. The maximum absolute atomic E-state index is 12.6. The van der Waals surface area contributed by atoms with Crippen LogP contribution in [0, 0.1) is 0 Å². The Morgan fingerprint density at radius 1 is 1.26 bits per heavy atom. The minimum atomic E-state index is -0.141. The molecule has 2 aromatic carbocycles. The molecule has 0 saturated carbocycles. The summed E-state index contributed by atoms with van der Waals surface area (Å²) < 4.78 is 0. The van der Waals surface area contributed by atoms with Gasteiger partial charge >= 0.3 is 0 Å². The fraction of sp³-hybridized carbons (Fsp3) is 0.267. The molecule has 3 N–H and O–H groups in total. The third-order valence-electron chi connectivity index (χ3n) is 3.67. The van der Waals surface area contributed by atoms with Crippen LogP contribution in [0.3, 0.4) is 0 Å². The van der Waals surface area contributed by atoms with Crippen LogP contribution in [-0.4, -0.2) is 23.6 Å². The predicted molar refractivity (Wildman–Crippen MR) is 74.7 cm³/mol. The molecule has 19 heavy (non-hydrogen) atoms. The molecule has 1 heterocycles. The fourth-order valence-corrected chi connectivity index (χ4v) is 2.71. The standard InChI is InChI=1S/C15H16N2O2/c18-15(13-6-3-9-16-13)14-11-5-2-1-4-10(11)7-8-12(14)17-19/h1-2,4-5,7-8,13,16-17,19H,3,6,9H2/t13-/m0/s1. The summed E-state index contributed by atoms with van der Waals surface area (Å²) in [5, 5.41) is 14.3. The van der Waals surface area contributed by atoms with Crippen LogP contribution in [0.15, 0.2) is 36.4 Å². The van der Waals surface area contributed by atoms with Gasteiger partial charge in [0.15, 0.2) is 5.78 Å². The molecule has 1 aliphatic rings. The highest BCUT2D eigenvalue weighted by atomic mass is 16.5. The molecule has 4 nitrogen and oxygen atoms in total. The minimum Gasteiger partial charge on any atom is -0.307 e. The maximum Gasteiger partial charge on any atom is 0.182 e. The molecule has 0 aliphatic carbocycles. The summed E-state index contributed by atoms with van der Waals surface area (Å²) in [7, 11) is 0. The molecule has 3 rings (SSSR count). The second-order valence-corrected chi connectivity index (χ2v) is 4.83. The first-order valence-electron chi connectivity index (χ1n) is 6.50. The van der Waals surface area contributed by atoms with E-state index in [1.165, 1.54) is 0 Å². The highest BCUT2D eigenvalue weighted by Gasteiger charge is 2.26. The SMILES string of the molecule is O=C(c1c(NO)ccc2ccccc12)[C@@H]1CCCN1. The van der Waals surface area contributed by atoms with Crippen molar-refractivity contribution in [2.45, 2.75) is 18.9 Å². The van der Waals surface area contributed by atoms with Crippen LogP contribution in [0.25, 0.3) is 10.8 Å². The second kappa shape index (κ2) is 4.99. The number of benzene rings is 2. The number of nitrogens with one attached hydrogen (secondary N) is 2. The van der Waals surface area contributed by atoms with Crippen LogP contribution in [0.2, 0.25) is 0 Å². The number of carbonyl (C=O) groups excluding carboxylic acids is 1. The van der Waals surface area contributed by atoms with Crippen molar-refractivity contribution in [3.8, 4) is 0 Å². The number of hydrogen-bond acceptors (Lipinski definition) is 4. The van der Waals surface area contributed by atoms with Gasteiger partial charge in [-0.15, -0.1) is 0 Å². The molecule has 1 atom stereocenters. The van der Waals surface area contributed by atoms with Gasteiger partial charge in [0, 0.05) is 0 Å². The third kappa shape index (κ3) is 2.09. The lowest BCUT2D eigenvalue weighted by Crippen LogP contribution is -2.31. The van der Waals surface area contributed by atoms with Gasteiger partial charge in [-0.25, -0.2) is 0 Å². The van der Waals surface area contributed by atoms with Gasteiger partial charge in [-0.2, -0.15) is 0 Å². The monoisotopic (exact) mass is 256 g/mol. The Balaban J connectivity index is 2.16. The molecule has 1 aliphatic heterocycles. The number of ketones is 1. The lowest BCUT2D eigenvalue weighted by molar-refractivity contribution is 0.0954. The average molecular weight is 256 g/mol. The summed E-state index contributed by atoms with van der Waals surface area (Å²) >= 11 is 0. The average Bonchev–Trinajstić information content (AvgIpc) is 2.99. The largest absolute Gasteiger partial charge is 0.307 e. The van der Waals surface area contributed by atoms with Crippen LogP contribution in [0.1, 0.15) is 23.2 Å². The van der Waals surface area contributed by atoms with E-state index in [9.17, 15) is 10.0 Å². The molecule has 0 amide bonds. The molecule has 0 spiro atoms. The van der Waals surface area contributed by atoms with Crippen molar-refractivity contribution in [2.24, 2.45) is 0 Å². The van der Waals surface area contributed by atoms with Gasteiger partial charge in [0.25, 0.3) is 0 Å². The van der Waals surface area contributed by atoms with Crippen molar-refractivity contribution in [1.29, 1.82) is 0 Å². The van der Waals surface area contributed by atoms with Gasteiger partial charge < -0.3 is 5.32 Å². The van der Waals surface area contributed by atoms with E-state index in [1.807, 2.05) is 30.3 Å². The summed E-state index contributed by atoms with van der Waals surface area (Å²) in [6.07, 6.45) is 1.87. The molecule has 4 heteroatoms. The number of rotatable bonds is 3. The lowest BCUT2D eigenvalue weighted by Gasteiger charge is -2.15. The Kier molecular flexibility index (Phi) is 3.19. The van der Waals surface area contributed by atoms with E-state index in [4.69, 9.17) is 0 Å². The highest BCUT2D eigenvalue weighted by molar-refractivity contribution is 6.14. The zero-order valence-electron chi connectivity index (χ0n) is 10.5. The van der Waals surface area contributed by atoms with Crippen molar-refractivity contribution in [2.75, 3.05) is 12.0 Å². The van der Waals surface area contributed by atoms with Crippen LogP contribution in [-0.2, 0) is 0 Å². The normalized spacial score (nSPS) is 18.7. The first-order chi connectivity index (χ1) is 9.31. The molecule has 2 aromatic rings. The van der Waals surface area contributed by atoms with E-state index in [1.54, 1.807) is 6.07 Å². The van der Waals surface area contributed by atoms with Gasteiger partial charge in [0.05, 0.1) is 17.3 Å². The summed E-state index contributed by atoms with van der Waals surface area (Å²) in [5.74, 6) is 0.0471. The Morgan fingerprint density at radius 3 is 2.84 bits per heavy atom. The number of fused-ring (bicyclic) bond motifs is 1. The number of anilines is 1. The zero-order valence-corrected chi connectivity index (χ0v) is 10.5. The minimum absolute atomic E-state index is 0.0471. The molecule has 0 bridgehead atoms. The molecular weight excluding hydrogens is 240 g/mol. The topological polar surface area (TPSA) is 61.4 Å². The van der Waals surface area contributed by atoms with Crippen molar-refractivity contribution < 1.29 is 10.0 Å². The van der Waals surface area contributed by atoms with Gasteiger partial charge in [0.1, 0.15) is 0 Å². The first-order valence-corrected chi connectivity index (χ1v) is 6.50.